The first-order chi connectivity index (χ1) is 12.0. The van der Waals surface area contributed by atoms with Gasteiger partial charge in [0.15, 0.2) is 0 Å². The topological polar surface area (TPSA) is 71.1 Å². The minimum absolute atomic E-state index is 0.201. The van der Waals surface area contributed by atoms with E-state index < -0.39 is 5.91 Å². The Balaban J connectivity index is 1.74. The summed E-state index contributed by atoms with van der Waals surface area (Å²) in [6.07, 6.45) is 7.08. The molecule has 3 rings (SSSR count). The van der Waals surface area contributed by atoms with E-state index in [0.717, 1.165) is 25.7 Å². The molecule has 5 nitrogen and oxygen atoms in total. The Kier molecular flexibility index (Phi) is 5.56. The molecule has 2 aromatic rings. The Morgan fingerprint density at radius 2 is 1.60 bits per heavy atom. The van der Waals surface area contributed by atoms with Gasteiger partial charge in [0.1, 0.15) is 0 Å². The van der Waals surface area contributed by atoms with Crippen LogP contribution in [0.4, 0.5) is 5.69 Å². The number of nitrogens with one attached hydrogen (secondary N) is 2. The van der Waals surface area contributed by atoms with E-state index in [-0.39, 0.29) is 17.5 Å². The number of hydrogen-bond acceptors (Lipinski definition) is 3. The van der Waals surface area contributed by atoms with Crippen LogP contribution >= 0.6 is 23.2 Å². The second kappa shape index (κ2) is 7.85. The maximum Gasteiger partial charge on any atom is 0.257 e. The predicted molar refractivity (Wildman–Crippen MR) is 98.4 cm³/mol. The fourth-order valence-corrected chi connectivity index (χ4v) is 3.32. The molecule has 1 saturated carbocycles. The molecule has 1 fully saturated rings. The van der Waals surface area contributed by atoms with Crippen molar-refractivity contribution in [3.05, 3.63) is 57.8 Å². The zero-order valence-corrected chi connectivity index (χ0v) is 14.9. The molecular formula is C18H17Cl2N3O2. The Labute approximate surface area is 155 Å². The molecule has 0 atom stereocenters. The van der Waals surface area contributed by atoms with Gasteiger partial charge in [-0.3, -0.25) is 14.6 Å². The van der Waals surface area contributed by atoms with Gasteiger partial charge in [-0.2, -0.15) is 0 Å². The largest absolute Gasteiger partial charge is 0.349 e. The zero-order chi connectivity index (χ0) is 17.8. The third kappa shape index (κ3) is 4.30. The average molecular weight is 378 g/mol. The summed E-state index contributed by atoms with van der Waals surface area (Å²) in [6.45, 7) is 0. The Bertz CT molecular complexity index is 784. The monoisotopic (exact) mass is 377 g/mol. The first-order valence-electron chi connectivity index (χ1n) is 8.06. The molecule has 0 radical (unpaired) electrons. The predicted octanol–water partition coefficient (Wildman–Crippen LogP) is 4.31. The summed E-state index contributed by atoms with van der Waals surface area (Å²) in [7, 11) is 0. The maximum absolute atomic E-state index is 12.4. The Morgan fingerprint density at radius 3 is 2.24 bits per heavy atom. The average Bonchev–Trinajstić information content (AvgIpc) is 3.11. The molecule has 25 heavy (non-hydrogen) atoms. The number of anilines is 1. The second-order valence-electron chi connectivity index (χ2n) is 5.97. The number of pyridine rings is 1. The fraction of sp³-hybridized carbons (Fsp3) is 0.278. The van der Waals surface area contributed by atoms with Crippen LogP contribution in [0.3, 0.4) is 0 Å². The molecule has 0 spiro atoms. The van der Waals surface area contributed by atoms with Gasteiger partial charge in [-0.15, -0.1) is 0 Å². The molecule has 0 bridgehead atoms. The van der Waals surface area contributed by atoms with Crippen molar-refractivity contribution in [3.8, 4) is 0 Å². The molecular weight excluding hydrogens is 361 g/mol. The van der Waals surface area contributed by atoms with Crippen LogP contribution in [0.2, 0.25) is 10.0 Å². The van der Waals surface area contributed by atoms with Crippen molar-refractivity contribution in [1.82, 2.24) is 10.3 Å². The van der Waals surface area contributed by atoms with Crippen LogP contribution in [0.1, 0.15) is 46.4 Å². The standard InChI is InChI=1S/C18H17Cl2N3O2/c19-14-6-3-7-15(20)16(14)23-18(25)12-8-11(9-21-10-12)17(24)22-13-4-1-2-5-13/h3,6-10,13H,1-2,4-5H2,(H,22,24)(H,23,25). The van der Waals surface area contributed by atoms with Crippen LogP contribution in [-0.2, 0) is 0 Å². The number of aromatic nitrogens is 1. The normalized spacial score (nSPS) is 14.3. The maximum atomic E-state index is 12.4. The van der Waals surface area contributed by atoms with Gasteiger partial charge in [0.25, 0.3) is 11.8 Å². The van der Waals surface area contributed by atoms with Crippen LogP contribution in [0.5, 0.6) is 0 Å². The molecule has 1 aromatic heterocycles. The minimum Gasteiger partial charge on any atom is -0.349 e. The summed E-state index contributed by atoms with van der Waals surface area (Å²) in [5.41, 5.74) is 0.941. The number of carbonyl (C=O) groups is 2. The van der Waals surface area contributed by atoms with E-state index in [2.05, 4.69) is 15.6 Å². The van der Waals surface area contributed by atoms with Gasteiger partial charge >= 0.3 is 0 Å². The fourth-order valence-electron chi connectivity index (χ4n) is 2.83. The van der Waals surface area contributed by atoms with Gasteiger partial charge in [0.05, 0.1) is 26.9 Å². The van der Waals surface area contributed by atoms with Crippen LogP contribution in [0.25, 0.3) is 0 Å². The number of amides is 2. The SMILES string of the molecule is O=C(Nc1c(Cl)cccc1Cl)c1cncc(C(=O)NC2CCCC2)c1. The number of benzene rings is 1. The number of para-hydroxylation sites is 1. The highest BCUT2D eigenvalue weighted by Gasteiger charge is 2.19. The highest BCUT2D eigenvalue weighted by molar-refractivity contribution is 6.40. The summed E-state index contributed by atoms with van der Waals surface area (Å²) in [5.74, 6) is -0.650. The lowest BCUT2D eigenvalue weighted by Gasteiger charge is -2.12. The van der Waals surface area contributed by atoms with Crippen molar-refractivity contribution in [2.75, 3.05) is 5.32 Å². The lowest BCUT2D eigenvalue weighted by Crippen LogP contribution is -2.32. The Morgan fingerprint density at radius 1 is 1.00 bits per heavy atom. The van der Waals surface area contributed by atoms with Crippen molar-refractivity contribution in [2.45, 2.75) is 31.7 Å². The summed E-state index contributed by atoms with van der Waals surface area (Å²) in [6, 6.07) is 6.67. The first kappa shape index (κ1) is 17.7. The number of rotatable bonds is 4. The van der Waals surface area contributed by atoms with E-state index in [1.807, 2.05) is 0 Å². The van der Waals surface area contributed by atoms with Crippen molar-refractivity contribution >= 4 is 40.7 Å². The van der Waals surface area contributed by atoms with Crippen LogP contribution in [0, 0.1) is 0 Å². The highest BCUT2D eigenvalue weighted by Crippen LogP contribution is 2.30. The van der Waals surface area contributed by atoms with Gasteiger partial charge < -0.3 is 10.6 Å². The zero-order valence-electron chi connectivity index (χ0n) is 13.4. The molecule has 2 amide bonds. The van der Waals surface area contributed by atoms with Crippen molar-refractivity contribution in [1.29, 1.82) is 0 Å². The molecule has 1 aliphatic carbocycles. The van der Waals surface area contributed by atoms with Gasteiger partial charge in [-0.25, -0.2) is 0 Å². The number of hydrogen-bond donors (Lipinski definition) is 2. The molecule has 0 aliphatic heterocycles. The molecule has 1 aromatic carbocycles. The molecule has 0 unspecified atom stereocenters. The van der Waals surface area contributed by atoms with E-state index in [4.69, 9.17) is 23.2 Å². The summed E-state index contributed by atoms with van der Waals surface area (Å²) < 4.78 is 0. The second-order valence-corrected chi connectivity index (χ2v) is 6.78. The van der Waals surface area contributed by atoms with Crippen molar-refractivity contribution < 1.29 is 9.59 Å². The van der Waals surface area contributed by atoms with Gasteiger partial charge in [0.2, 0.25) is 0 Å². The first-order valence-corrected chi connectivity index (χ1v) is 8.81. The summed E-state index contributed by atoms with van der Waals surface area (Å²) in [4.78, 5) is 28.8. The molecule has 0 saturated heterocycles. The van der Waals surface area contributed by atoms with E-state index >= 15 is 0 Å². The van der Waals surface area contributed by atoms with Gasteiger partial charge in [0, 0.05) is 18.4 Å². The van der Waals surface area contributed by atoms with Crippen LogP contribution in [-0.4, -0.2) is 22.8 Å². The van der Waals surface area contributed by atoms with E-state index in [9.17, 15) is 9.59 Å². The molecule has 7 heteroatoms. The van der Waals surface area contributed by atoms with E-state index in [0.29, 0.717) is 21.3 Å². The van der Waals surface area contributed by atoms with Crippen LogP contribution < -0.4 is 10.6 Å². The number of halogens is 2. The van der Waals surface area contributed by atoms with Crippen LogP contribution in [0.15, 0.2) is 36.7 Å². The van der Waals surface area contributed by atoms with Gasteiger partial charge in [-0.05, 0) is 31.0 Å². The quantitative estimate of drug-likeness (QED) is 0.833. The lowest BCUT2D eigenvalue weighted by molar-refractivity contribution is 0.0937. The minimum atomic E-state index is -0.432. The Hall–Kier alpha value is -2.11. The molecule has 1 heterocycles. The van der Waals surface area contributed by atoms with E-state index in [1.165, 1.54) is 18.5 Å². The molecule has 2 N–H and O–H groups in total. The van der Waals surface area contributed by atoms with Crippen molar-refractivity contribution in [2.24, 2.45) is 0 Å². The summed E-state index contributed by atoms with van der Waals surface area (Å²) >= 11 is 12.1. The number of carbonyl (C=O) groups excluding carboxylic acids is 2. The van der Waals surface area contributed by atoms with Gasteiger partial charge in [-0.1, -0.05) is 42.1 Å². The number of nitrogens with zero attached hydrogens (tertiary/aromatic N) is 1. The summed E-state index contributed by atoms with van der Waals surface area (Å²) in [5, 5.41) is 6.31. The molecule has 130 valence electrons. The van der Waals surface area contributed by atoms with E-state index in [1.54, 1.807) is 18.2 Å². The third-order valence-corrected chi connectivity index (χ3v) is 4.78. The van der Waals surface area contributed by atoms with Crippen molar-refractivity contribution in [3.63, 3.8) is 0 Å². The third-order valence-electron chi connectivity index (χ3n) is 4.15. The lowest BCUT2D eigenvalue weighted by atomic mass is 10.1. The smallest absolute Gasteiger partial charge is 0.257 e. The highest BCUT2D eigenvalue weighted by atomic mass is 35.5. The molecule has 1 aliphatic rings.